The molecule has 1 fully saturated rings. The highest BCUT2D eigenvalue weighted by atomic mass is 16.5. The van der Waals surface area contributed by atoms with Crippen LogP contribution in [0.15, 0.2) is 61.2 Å². The van der Waals surface area contributed by atoms with Crippen LogP contribution >= 0.6 is 0 Å². The number of benzene rings is 1. The lowest BCUT2D eigenvalue weighted by molar-refractivity contribution is 0.00526. The van der Waals surface area contributed by atoms with Gasteiger partial charge in [0.25, 0.3) is 0 Å². The van der Waals surface area contributed by atoms with Crippen molar-refractivity contribution in [1.82, 2.24) is 0 Å². The maximum absolute atomic E-state index is 10.6. The zero-order chi connectivity index (χ0) is 15.8. The van der Waals surface area contributed by atoms with Crippen molar-refractivity contribution in [2.45, 2.75) is 31.3 Å². The maximum atomic E-state index is 10.6. The SMILES string of the molecule is C=C[C@@]1(O)CCCC[C@@H]1C(=C)COC/C=C/c1ccccc1. The van der Waals surface area contributed by atoms with E-state index in [9.17, 15) is 5.11 Å². The summed E-state index contributed by atoms with van der Waals surface area (Å²) >= 11 is 0. The molecule has 2 nitrogen and oxygen atoms in total. The van der Waals surface area contributed by atoms with Gasteiger partial charge in [-0.15, -0.1) is 6.58 Å². The first-order valence-corrected chi connectivity index (χ1v) is 7.99. The second kappa shape index (κ2) is 8.11. The van der Waals surface area contributed by atoms with Crippen molar-refractivity contribution in [3.63, 3.8) is 0 Å². The van der Waals surface area contributed by atoms with Gasteiger partial charge in [0.2, 0.25) is 0 Å². The highest BCUT2D eigenvalue weighted by Crippen LogP contribution is 2.38. The Morgan fingerprint density at radius 2 is 2.09 bits per heavy atom. The van der Waals surface area contributed by atoms with E-state index in [1.807, 2.05) is 30.4 Å². The minimum Gasteiger partial charge on any atom is -0.385 e. The summed E-state index contributed by atoms with van der Waals surface area (Å²) in [6.07, 6.45) is 9.64. The Labute approximate surface area is 133 Å². The summed E-state index contributed by atoms with van der Waals surface area (Å²) in [5.41, 5.74) is 1.33. The molecule has 1 aliphatic carbocycles. The van der Waals surface area contributed by atoms with Gasteiger partial charge in [-0.3, -0.25) is 0 Å². The van der Waals surface area contributed by atoms with Crippen molar-refractivity contribution in [2.75, 3.05) is 13.2 Å². The van der Waals surface area contributed by atoms with E-state index in [0.29, 0.717) is 13.2 Å². The van der Waals surface area contributed by atoms with Gasteiger partial charge in [-0.05, 0) is 24.0 Å². The molecule has 1 N–H and O–H groups in total. The fraction of sp³-hybridized carbons (Fsp3) is 0.400. The van der Waals surface area contributed by atoms with Crippen molar-refractivity contribution in [2.24, 2.45) is 5.92 Å². The average Bonchev–Trinajstić information content (AvgIpc) is 2.55. The van der Waals surface area contributed by atoms with E-state index < -0.39 is 5.60 Å². The van der Waals surface area contributed by atoms with Gasteiger partial charge in [-0.25, -0.2) is 0 Å². The van der Waals surface area contributed by atoms with Crippen LogP contribution < -0.4 is 0 Å². The lowest BCUT2D eigenvalue weighted by Gasteiger charge is -2.38. The Bertz CT molecular complexity index is 518. The Kier molecular flexibility index (Phi) is 6.17. The largest absolute Gasteiger partial charge is 0.385 e. The lowest BCUT2D eigenvalue weighted by Crippen LogP contribution is -2.40. The number of ether oxygens (including phenoxy) is 1. The summed E-state index contributed by atoms with van der Waals surface area (Å²) < 4.78 is 5.68. The first-order valence-electron chi connectivity index (χ1n) is 7.99. The van der Waals surface area contributed by atoms with E-state index in [-0.39, 0.29) is 5.92 Å². The van der Waals surface area contributed by atoms with Gasteiger partial charge in [0.15, 0.2) is 0 Å². The van der Waals surface area contributed by atoms with Gasteiger partial charge in [-0.1, -0.05) is 68.0 Å². The molecule has 1 aromatic rings. The first kappa shape index (κ1) is 16.7. The van der Waals surface area contributed by atoms with E-state index in [4.69, 9.17) is 4.74 Å². The lowest BCUT2D eigenvalue weighted by atomic mass is 9.72. The van der Waals surface area contributed by atoms with Crippen LogP contribution in [0.1, 0.15) is 31.2 Å². The van der Waals surface area contributed by atoms with Gasteiger partial charge in [-0.2, -0.15) is 0 Å². The molecule has 0 aliphatic heterocycles. The minimum absolute atomic E-state index is 0.0665. The monoisotopic (exact) mass is 298 g/mol. The topological polar surface area (TPSA) is 29.5 Å². The van der Waals surface area contributed by atoms with Crippen LogP contribution in [0, 0.1) is 5.92 Å². The van der Waals surface area contributed by atoms with Crippen molar-refractivity contribution >= 4 is 6.08 Å². The van der Waals surface area contributed by atoms with Gasteiger partial charge < -0.3 is 9.84 Å². The number of aliphatic hydroxyl groups is 1. The Morgan fingerprint density at radius 3 is 2.82 bits per heavy atom. The van der Waals surface area contributed by atoms with Crippen LogP contribution in [0.5, 0.6) is 0 Å². The maximum Gasteiger partial charge on any atom is 0.0890 e. The molecule has 1 saturated carbocycles. The first-order chi connectivity index (χ1) is 10.7. The van der Waals surface area contributed by atoms with E-state index in [0.717, 1.165) is 31.3 Å². The third kappa shape index (κ3) is 4.43. The Morgan fingerprint density at radius 1 is 1.32 bits per heavy atom. The average molecular weight is 298 g/mol. The molecule has 1 aliphatic rings. The quantitative estimate of drug-likeness (QED) is 0.598. The molecule has 0 amide bonds. The fourth-order valence-corrected chi connectivity index (χ4v) is 3.09. The van der Waals surface area contributed by atoms with Gasteiger partial charge in [0.05, 0.1) is 18.8 Å². The van der Waals surface area contributed by atoms with E-state index in [1.165, 1.54) is 5.56 Å². The van der Waals surface area contributed by atoms with Gasteiger partial charge in [0, 0.05) is 5.92 Å². The number of hydrogen-bond acceptors (Lipinski definition) is 2. The molecular weight excluding hydrogens is 272 g/mol. The molecule has 0 unspecified atom stereocenters. The molecule has 118 valence electrons. The van der Waals surface area contributed by atoms with Crippen LogP contribution in [0.25, 0.3) is 6.08 Å². The molecule has 2 atom stereocenters. The molecule has 2 rings (SSSR count). The molecule has 0 heterocycles. The smallest absolute Gasteiger partial charge is 0.0890 e. The highest BCUT2D eigenvalue weighted by molar-refractivity contribution is 5.48. The van der Waals surface area contributed by atoms with Gasteiger partial charge >= 0.3 is 0 Å². The van der Waals surface area contributed by atoms with E-state index >= 15 is 0 Å². The van der Waals surface area contributed by atoms with Crippen molar-refractivity contribution in [1.29, 1.82) is 0 Å². The molecular formula is C20H26O2. The predicted molar refractivity (Wildman–Crippen MR) is 92.5 cm³/mol. The van der Waals surface area contributed by atoms with E-state index in [1.54, 1.807) is 6.08 Å². The second-order valence-corrected chi connectivity index (χ2v) is 5.98. The summed E-state index contributed by atoms with van der Waals surface area (Å²) in [6, 6.07) is 10.1. The third-order valence-corrected chi connectivity index (χ3v) is 4.38. The van der Waals surface area contributed by atoms with Crippen molar-refractivity contribution in [3.8, 4) is 0 Å². The standard InChI is InChI=1S/C20H26O2/c1-3-20(21)14-8-7-13-19(20)17(2)16-22-15-9-12-18-10-5-4-6-11-18/h3-6,9-12,19,21H,1-2,7-8,13-16H2/b12-9+/t19-,20-/m1/s1. The van der Waals surface area contributed by atoms with Crippen molar-refractivity contribution < 1.29 is 9.84 Å². The van der Waals surface area contributed by atoms with Crippen LogP contribution in [0.4, 0.5) is 0 Å². The van der Waals surface area contributed by atoms with Crippen LogP contribution in [0.3, 0.4) is 0 Å². The van der Waals surface area contributed by atoms with E-state index in [2.05, 4.69) is 25.3 Å². The molecule has 1 aromatic carbocycles. The van der Waals surface area contributed by atoms with Crippen molar-refractivity contribution in [3.05, 3.63) is 66.8 Å². The summed E-state index contributed by atoms with van der Waals surface area (Å²) in [4.78, 5) is 0. The van der Waals surface area contributed by atoms with Gasteiger partial charge in [0.1, 0.15) is 0 Å². The molecule has 22 heavy (non-hydrogen) atoms. The Hall–Kier alpha value is -1.64. The highest BCUT2D eigenvalue weighted by Gasteiger charge is 2.37. The zero-order valence-electron chi connectivity index (χ0n) is 13.2. The second-order valence-electron chi connectivity index (χ2n) is 5.98. The third-order valence-electron chi connectivity index (χ3n) is 4.38. The molecule has 0 bridgehead atoms. The summed E-state index contributed by atoms with van der Waals surface area (Å²) in [5.74, 6) is 0.0665. The fourth-order valence-electron chi connectivity index (χ4n) is 3.09. The van der Waals surface area contributed by atoms with Crippen LogP contribution in [0.2, 0.25) is 0 Å². The summed E-state index contributed by atoms with van der Waals surface area (Å²) in [5, 5.41) is 10.6. The molecule has 0 aromatic heterocycles. The number of hydrogen-bond donors (Lipinski definition) is 1. The zero-order valence-corrected chi connectivity index (χ0v) is 13.2. The molecule has 2 heteroatoms. The minimum atomic E-state index is -0.807. The molecule has 0 radical (unpaired) electrons. The summed E-state index contributed by atoms with van der Waals surface area (Å²) in [6.45, 7) is 8.94. The van der Waals surface area contributed by atoms with Crippen LogP contribution in [-0.4, -0.2) is 23.9 Å². The Balaban J connectivity index is 1.78. The molecule has 0 spiro atoms. The normalized spacial score (nSPS) is 25.2. The summed E-state index contributed by atoms with van der Waals surface area (Å²) in [7, 11) is 0. The number of rotatable bonds is 7. The van der Waals surface area contributed by atoms with Crippen LogP contribution in [-0.2, 0) is 4.74 Å². The molecule has 0 saturated heterocycles. The predicted octanol–water partition coefficient (Wildman–Crippen LogP) is 4.38.